The molecule has 1 N–H and O–H groups in total. The second kappa shape index (κ2) is 8.84. The molecule has 0 spiro atoms. The number of amides is 1. The molecule has 0 unspecified atom stereocenters. The van der Waals surface area contributed by atoms with Crippen LogP contribution in [0.25, 0.3) is 0 Å². The van der Waals surface area contributed by atoms with Crippen molar-refractivity contribution in [2.24, 2.45) is 5.92 Å². The number of nitrogens with one attached hydrogen (secondary N) is 1. The zero-order chi connectivity index (χ0) is 20.1. The number of halogens is 1. The highest BCUT2D eigenvalue weighted by Crippen LogP contribution is 2.22. The summed E-state index contributed by atoms with van der Waals surface area (Å²) in [5.74, 6) is -1.07. The van der Waals surface area contributed by atoms with Crippen LogP contribution in [-0.2, 0) is 27.1 Å². The first-order valence-corrected chi connectivity index (χ1v) is 11.0. The second-order valence-corrected chi connectivity index (χ2v) is 9.19. The SMILES string of the molecule is Cc1ccccc1CNC(=O)[C@H]1CCCN(S(=O)(=O)Cc2ccc(F)cc2)C1. The summed E-state index contributed by atoms with van der Waals surface area (Å²) in [6.07, 6.45) is 1.31. The third-order valence-electron chi connectivity index (χ3n) is 5.12. The third-order valence-corrected chi connectivity index (χ3v) is 6.94. The van der Waals surface area contributed by atoms with E-state index in [4.69, 9.17) is 0 Å². The van der Waals surface area contributed by atoms with Crippen LogP contribution < -0.4 is 5.32 Å². The zero-order valence-corrected chi connectivity index (χ0v) is 16.7. The summed E-state index contributed by atoms with van der Waals surface area (Å²) in [6, 6.07) is 13.3. The number of hydrogen-bond donors (Lipinski definition) is 1. The van der Waals surface area contributed by atoms with Crippen LogP contribution in [0.4, 0.5) is 4.39 Å². The molecular formula is C21H25FN2O3S. The van der Waals surface area contributed by atoms with Gasteiger partial charge in [0.15, 0.2) is 0 Å². The van der Waals surface area contributed by atoms with E-state index in [-0.39, 0.29) is 24.1 Å². The summed E-state index contributed by atoms with van der Waals surface area (Å²) in [7, 11) is -3.56. The Morgan fingerprint density at radius 2 is 1.89 bits per heavy atom. The van der Waals surface area contributed by atoms with Crippen molar-refractivity contribution < 1.29 is 17.6 Å². The predicted octanol–water partition coefficient (Wildman–Crippen LogP) is 2.99. The summed E-state index contributed by atoms with van der Waals surface area (Å²) < 4.78 is 39.9. The van der Waals surface area contributed by atoms with Crippen LogP contribution in [0.15, 0.2) is 48.5 Å². The molecule has 5 nitrogen and oxygen atoms in total. The molecule has 2 aromatic rings. The number of carbonyl (C=O) groups is 1. The van der Waals surface area contributed by atoms with E-state index in [2.05, 4.69) is 5.32 Å². The number of nitrogens with zero attached hydrogens (tertiary/aromatic N) is 1. The molecule has 0 aromatic heterocycles. The molecule has 3 rings (SSSR count). The molecule has 2 aromatic carbocycles. The molecule has 0 radical (unpaired) electrons. The molecule has 7 heteroatoms. The minimum Gasteiger partial charge on any atom is -0.352 e. The van der Waals surface area contributed by atoms with Gasteiger partial charge >= 0.3 is 0 Å². The average molecular weight is 405 g/mol. The third kappa shape index (κ3) is 5.17. The van der Waals surface area contributed by atoms with Gasteiger partial charge in [-0.1, -0.05) is 36.4 Å². The van der Waals surface area contributed by atoms with Gasteiger partial charge in [-0.2, -0.15) is 0 Å². The summed E-state index contributed by atoms with van der Waals surface area (Å²) in [5, 5.41) is 2.94. The van der Waals surface area contributed by atoms with E-state index in [0.29, 0.717) is 31.5 Å². The molecule has 1 aliphatic rings. The van der Waals surface area contributed by atoms with Gasteiger partial charge in [-0.05, 0) is 48.6 Å². The van der Waals surface area contributed by atoms with Gasteiger partial charge in [0, 0.05) is 19.6 Å². The monoisotopic (exact) mass is 404 g/mol. The second-order valence-electron chi connectivity index (χ2n) is 7.22. The minimum absolute atomic E-state index is 0.120. The van der Waals surface area contributed by atoms with Crippen molar-refractivity contribution in [3.8, 4) is 0 Å². The summed E-state index contributed by atoms with van der Waals surface area (Å²) in [5.41, 5.74) is 2.69. The number of piperidine rings is 1. The van der Waals surface area contributed by atoms with E-state index in [1.165, 1.54) is 28.6 Å². The predicted molar refractivity (Wildman–Crippen MR) is 106 cm³/mol. The molecule has 1 aliphatic heterocycles. The summed E-state index contributed by atoms with van der Waals surface area (Å²) >= 11 is 0. The Balaban J connectivity index is 1.60. The molecule has 28 heavy (non-hydrogen) atoms. The molecule has 0 bridgehead atoms. The summed E-state index contributed by atoms with van der Waals surface area (Å²) in [4.78, 5) is 12.6. The van der Waals surface area contributed by atoms with E-state index in [9.17, 15) is 17.6 Å². The molecule has 1 amide bonds. The maximum Gasteiger partial charge on any atom is 0.224 e. The first-order valence-electron chi connectivity index (χ1n) is 9.39. The number of sulfonamides is 1. The number of carbonyl (C=O) groups excluding carboxylic acids is 1. The highest BCUT2D eigenvalue weighted by atomic mass is 32.2. The molecule has 0 aliphatic carbocycles. The van der Waals surface area contributed by atoms with E-state index in [1.807, 2.05) is 31.2 Å². The van der Waals surface area contributed by atoms with Crippen molar-refractivity contribution in [2.45, 2.75) is 32.1 Å². The van der Waals surface area contributed by atoms with E-state index >= 15 is 0 Å². The fourth-order valence-electron chi connectivity index (χ4n) is 3.43. The standard InChI is InChI=1S/C21H25FN2O3S/c1-16-5-2-3-6-18(16)13-23-21(25)19-7-4-12-24(14-19)28(26,27)15-17-8-10-20(22)11-9-17/h2-3,5-6,8-11,19H,4,7,12-15H2,1H3,(H,23,25)/t19-/m0/s1. The van der Waals surface area contributed by atoms with Crippen molar-refractivity contribution in [3.63, 3.8) is 0 Å². The Kier molecular flexibility index (Phi) is 6.46. The highest BCUT2D eigenvalue weighted by Gasteiger charge is 2.32. The van der Waals surface area contributed by atoms with Crippen molar-refractivity contribution >= 4 is 15.9 Å². The van der Waals surface area contributed by atoms with Gasteiger partial charge in [0.1, 0.15) is 5.82 Å². The first kappa shape index (κ1) is 20.5. The van der Waals surface area contributed by atoms with Crippen molar-refractivity contribution in [3.05, 3.63) is 71.0 Å². The van der Waals surface area contributed by atoms with Crippen molar-refractivity contribution in [1.29, 1.82) is 0 Å². The van der Waals surface area contributed by atoms with E-state index < -0.39 is 15.8 Å². The number of aryl methyl sites for hydroxylation is 1. The largest absolute Gasteiger partial charge is 0.352 e. The maximum atomic E-state index is 13.0. The first-order chi connectivity index (χ1) is 13.3. The quantitative estimate of drug-likeness (QED) is 0.805. The van der Waals surface area contributed by atoms with Gasteiger partial charge in [0.2, 0.25) is 15.9 Å². The lowest BCUT2D eigenvalue weighted by Gasteiger charge is -2.31. The Hall–Kier alpha value is -2.25. The van der Waals surface area contributed by atoms with Gasteiger partial charge in [-0.15, -0.1) is 0 Å². The van der Waals surface area contributed by atoms with Gasteiger partial charge in [-0.25, -0.2) is 17.1 Å². The molecule has 1 saturated heterocycles. The lowest BCUT2D eigenvalue weighted by atomic mass is 9.98. The van der Waals surface area contributed by atoms with Crippen LogP contribution in [-0.4, -0.2) is 31.7 Å². The lowest BCUT2D eigenvalue weighted by molar-refractivity contribution is -0.126. The topological polar surface area (TPSA) is 66.5 Å². The summed E-state index contributed by atoms with van der Waals surface area (Å²) in [6.45, 7) is 3.02. The number of rotatable bonds is 6. The van der Waals surface area contributed by atoms with Gasteiger partial charge in [0.25, 0.3) is 0 Å². The highest BCUT2D eigenvalue weighted by molar-refractivity contribution is 7.88. The van der Waals surface area contributed by atoms with E-state index in [0.717, 1.165) is 11.1 Å². The van der Waals surface area contributed by atoms with Gasteiger partial charge < -0.3 is 5.32 Å². The normalized spacial score (nSPS) is 18.0. The molecular weight excluding hydrogens is 379 g/mol. The van der Waals surface area contributed by atoms with Crippen LogP contribution in [0.1, 0.15) is 29.5 Å². The van der Waals surface area contributed by atoms with E-state index in [1.54, 1.807) is 0 Å². The fourth-order valence-corrected chi connectivity index (χ4v) is 5.04. The van der Waals surface area contributed by atoms with Crippen LogP contribution in [0.2, 0.25) is 0 Å². The van der Waals surface area contributed by atoms with Crippen LogP contribution >= 0.6 is 0 Å². The Morgan fingerprint density at radius 1 is 1.18 bits per heavy atom. The van der Waals surface area contributed by atoms with Gasteiger partial charge in [-0.3, -0.25) is 4.79 Å². The van der Waals surface area contributed by atoms with Crippen LogP contribution in [0, 0.1) is 18.7 Å². The molecule has 1 fully saturated rings. The molecule has 1 atom stereocenters. The zero-order valence-electron chi connectivity index (χ0n) is 15.9. The van der Waals surface area contributed by atoms with Crippen LogP contribution in [0.5, 0.6) is 0 Å². The average Bonchev–Trinajstić information content (AvgIpc) is 2.69. The number of benzene rings is 2. The lowest BCUT2D eigenvalue weighted by Crippen LogP contribution is -2.45. The van der Waals surface area contributed by atoms with Gasteiger partial charge in [0.05, 0.1) is 11.7 Å². The molecule has 0 saturated carbocycles. The maximum absolute atomic E-state index is 13.0. The van der Waals surface area contributed by atoms with Crippen molar-refractivity contribution in [2.75, 3.05) is 13.1 Å². The Labute approximate surface area is 165 Å². The smallest absolute Gasteiger partial charge is 0.224 e. The fraction of sp³-hybridized carbons (Fsp3) is 0.381. The van der Waals surface area contributed by atoms with Crippen LogP contribution in [0.3, 0.4) is 0 Å². The molecule has 150 valence electrons. The Morgan fingerprint density at radius 3 is 2.61 bits per heavy atom. The Bertz CT molecular complexity index is 929. The van der Waals surface area contributed by atoms with Crippen molar-refractivity contribution in [1.82, 2.24) is 9.62 Å². The molecule has 1 heterocycles. The number of hydrogen-bond acceptors (Lipinski definition) is 3. The minimum atomic E-state index is -3.56.